The molecule has 5 N–H and O–H groups in total. The molecule has 8 nitrogen and oxygen atoms in total. The monoisotopic (exact) mass is 506 g/mol. The third-order valence-corrected chi connectivity index (χ3v) is 7.33. The molecule has 0 aliphatic heterocycles. The highest BCUT2D eigenvalue weighted by Crippen LogP contribution is 2.24. The van der Waals surface area contributed by atoms with Crippen LogP contribution in [0, 0.1) is 0 Å². The first kappa shape index (κ1) is 26.5. The summed E-state index contributed by atoms with van der Waals surface area (Å²) in [5.41, 5.74) is 3.43. The first-order chi connectivity index (χ1) is 18.0. The van der Waals surface area contributed by atoms with E-state index in [4.69, 9.17) is 0 Å². The zero-order valence-electron chi connectivity index (χ0n) is 21.3. The molecule has 2 fully saturated rings. The number of anilines is 1. The Morgan fingerprint density at radius 2 is 1.35 bits per heavy atom. The maximum atomic E-state index is 12.4. The van der Waals surface area contributed by atoms with Crippen LogP contribution in [0.1, 0.15) is 69.8 Å². The number of nitrogens with one attached hydrogen (secondary N) is 4. The molecule has 2 aliphatic rings. The summed E-state index contributed by atoms with van der Waals surface area (Å²) in [6.45, 7) is 0. The summed E-state index contributed by atoms with van der Waals surface area (Å²) in [6, 6.07) is 14.0. The molecule has 0 spiro atoms. The lowest BCUT2D eigenvalue weighted by Gasteiger charge is -2.24. The summed E-state index contributed by atoms with van der Waals surface area (Å²) in [5, 5.41) is 21.2. The number of hydrogen-bond donors (Lipinski definition) is 5. The van der Waals surface area contributed by atoms with Gasteiger partial charge in [-0.1, -0.05) is 74.9 Å². The van der Waals surface area contributed by atoms with Crippen molar-refractivity contribution >= 4 is 23.7 Å². The minimum Gasteiger partial charge on any atom is -0.480 e. The summed E-state index contributed by atoms with van der Waals surface area (Å²) < 4.78 is 0. The number of hydrogen-bond acceptors (Lipinski definition) is 3. The number of aliphatic carboxylic acids is 1. The summed E-state index contributed by atoms with van der Waals surface area (Å²) in [7, 11) is 0. The molecule has 198 valence electrons. The lowest BCUT2D eigenvalue weighted by molar-refractivity contribution is -0.139. The van der Waals surface area contributed by atoms with Crippen LogP contribution in [0.15, 0.2) is 48.5 Å². The Balaban J connectivity index is 1.32. The lowest BCUT2D eigenvalue weighted by Crippen LogP contribution is -2.50. The number of benzene rings is 2. The Labute approximate surface area is 218 Å². The molecule has 37 heavy (non-hydrogen) atoms. The van der Waals surface area contributed by atoms with Crippen LogP contribution in [0.5, 0.6) is 0 Å². The third kappa shape index (κ3) is 8.23. The van der Waals surface area contributed by atoms with Crippen molar-refractivity contribution in [3.05, 3.63) is 54.1 Å². The summed E-state index contributed by atoms with van der Waals surface area (Å²) in [5.74, 6) is -1.06. The van der Waals surface area contributed by atoms with Gasteiger partial charge in [-0.2, -0.15) is 0 Å². The first-order valence-electron chi connectivity index (χ1n) is 13.5. The van der Waals surface area contributed by atoms with E-state index in [0.29, 0.717) is 5.69 Å². The summed E-state index contributed by atoms with van der Waals surface area (Å²) in [6.07, 6.45) is 11.1. The molecule has 2 aromatic rings. The van der Waals surface area contributed by atoms with Gasteiger partial charge < -0.3 is 26.4 Å². The highest BCUT2D eigenvalue weighted by Gasteiger charge is 2.23. The Hall–Kier alpha value is -3.55. The van der Waals surface area contributed by atoms with Gasteiger partial charge in [0.1, 0.15) is 6.04 Å². The van der Waals surface area contributed by atoms with Crippen molar-refractivity contribution in [3.63, 3.8) is 0 Å². The lowest BCUT2D eigenvalue weighted by atomic mass is 9.96. The highest BCUT2D eigenvalue weighted by atomic mass is 16.4. The number of carbonyl (C=O) groups is 3. The number of urea groups is 2. The Morgan fingerprint density at radius 3 is 1.95 bits per heavy atom. The van der Waals surface area contributed by atoms with E-state index >= 15 is 0 Å². The van der Waals surface area contributed by atoms with E-state index < -0.39 is 18.0 Å². The Kier molecular flexibility index (Phi) is 9.40. The molecule has 8 heteroatoms. The van der Waals surface area contributed by atoms with Crippen LogP contribution in [0.25, 0.3) is 11.1 Å². The van der Waals surface area contributed by atoms with Crippen molar-refractivity contribution in [1.82, 2.24) is 16.0 Å². The first-order valence-corrected chi connectivity index (χ1v) is 13.5. The van der Waals surface area contributed by atoms with Crippen LogP contribution >= 0.6 is 0 Å². The van der Waals surface area contributed by atoms with E-state index in [1.165, 1.54) is 12.8 Å². The van der Waals surface area contributed by atoms with Crippen molar-refractivity contribution in [2.75, 3.05) is 5.32 Å². The van der Waals surface area contributed by atoms with Gasteiger partial charge in [-0.25, -0.2) is 14.4 Å². The van der Waals surface area contributed by atoms with E-state index in [1.54, 1.807) is 0 Å². The third-order valence-electron chi connectivity index (χ3n) is 7.33. The molecule has 1 atom stereocenters. The van der Waals surface area contributed by atoms with Crippen LogP contribution in [-0.4, -0.2) is 41.3 Å². The van der Waals surface area contributed by atoms with Gasteiger partial charge in [0.2, 0.25) is 0 Å². The average Bonchev–Trinajstić information content (AvgIpc) is 2.90. The molecule has 4 amide bonds. The van der Waals surface area contributed by atoms with E-state index in [2.05, 4.69) is 21.3 Å². The summed E-state index contributed by atoms with van der Waals surface area (Å²) in [4.78, 5) is 36.6. The van der Waals surface area contributed by atoms with Crippen molar-refractivity contribution in [1.29, 1.82) is 0 Å². The average molecular weight is 507 g/mol. The van der Waals surface area contributed by atoms with Gasteiger partial charge in [0.25, 0.3) is 0 Å². The predicted molar refractivity (Wildman–Crippen MR) is 145 cm³/mol. The maximum absolute atomic E-state index is 12.4. The van der Waals surface area contributed by atoms with Gasteiger partial charge in [0, 0.05) is 24.2 Å². The van der Waals surface area contributed by atoms with E-state index in [-0.39, 0.29) is 24.5 Å². The molecule has 2 saturated carbocycles. The van der Waals surface area contributed by atoms with E-state index in [9.17, 15) is 19.5 Å². The van der Waals surface area contributed by atoms with Crippen molar-refractivity contribution < 1.29 is 19.5 Å². The number of rotatable bonds is 8. The van der Waals surface area contributed by atoms with Crippen LogP contribution in [0.4, 0.5) is 15.3 Å². The van der Waals surface area contributed by atoms with Gasteiger partial charge in [0.05, 0.1) is 0 Å². The molecule has 0 heterocycles. The zero-order chi connectivity index (χ0) is 26.0. The van der Waals surface area contributed by atoms with Gasteiger partial charge in [0.15, 0.2) is 0 Å². The fourth-order valence-corrected chi connectivity index (χ4v) is 5.28. The summed E-state index contributed by atoms with van der Waals surface area (Å²) >= 11 is 0. The molecule has 2 aliphatic carbocycles. The van der Waals surface area contributed by atoms with Crippen LogP contribution in [0.3, 0.4) is 0 Å². The van der Waals surface area contributed by atoms with Gasteiger partial charge in [-0.15, -0.1) is 0 Å². The molecule has 2 aromatic carbocycles. The second-order valence-electron chi connectivity index (χ2n) is 10.3. The zero-order valence-corrected chi connectivity index (χ0v) is 21.3. The molecular weight excluding hydrogens is 468 g/mol. The number of carboxylic acids is 1. The highest BCUT2D eigenvalue weighted by molar-refractivity contribution is 5.90. The van der Waals surface area contributed by atoms with Crippen LogP contribution in [-0.2, 0) is 11.2 Å². The fraction of sp³-hybridized carbons (Fsp3) is 0.483. The SMILES string of the molecule is O=C(Nc1cccc(-c2ccc(C[C@@H](NC(=O)NC3CCCCC3)C(=O)O)cc2)c1)NC1CCCCC1. The second-order valence-corrected chi connectivity index (χ2v) is 10.3. The van der Waals surface area contributed by atoms with Crippen molar-refractivity contribution in [2.24, 2.45) is 0 Å². The van der Waals surface area contributed by atoms with Crippen LogP contribution < -0.4 is 21.3 Å². The van der Waals surface area contributed by atoms with Crippen molar-refractivity contribution in [2.45, 2.75) is 88.8 Å². The Morgan fingerprint density at radius 1 is 0.757 bits per heavy atom. The van der Waals surface area contributed by atoms with Gasteiger partial charge in [-0.05, 0) is 54.5 Å². The number of carbonyl (C=O) groups excluding carboxylic acids is 2. The van der Waals surface area contributed by atoms with Crippen molar-refractivity contribution in [3.8, 4) is 11.1 Å². The second kappa shape index (κ2) is 13.1. The predicted octanol–water partition coefficient (Wildman–Crippen LogP) is 5.44. The molecule has 0 saturated heterocycles. The molecule has 0 radical (unpaired) electrons. The largest absolute Gasteiger partial charge is 0.480 e. The topological polar surface area (TPSA) is 120 Å². The Bertz CT molecular complexity index is 1060. The minimum absolute atomic E-state index is 0.117. The van der Waals surface area contributed by atoms with E-state index in [1.807, 2.05) is 48.5 Å². The molecule has 0 aromatic heterocycles. The molecule has 0 bridgehead atoms. The fourth-order valence-electron chi connectivity index (χ4n) is 5.28. The molecule has 0 unspecified atom stereocenters. The molecular formula is C29H38N4O4. The van der Waals surface area contributed by atoms with Crippen LogP contribution in [0.2, 0.25) is 0 Å². The number of amides is 4. The van der Waals surface area contributed by atoms with Gasteiger partial charge in [-0.3, -0.25) is 0 Å². The number of carboxylic acid groups (broad SMARTS) is 1. The molecule has 4 rings (SSSR count). The smallest absolute Gasteiger partial charge is 0.326 e. The standard InChI is InChI=1S/C29H38N4O4/c34-27(35)26(33-29(37)31-24-11-5-2-6-12-24)18-20-14-16-21(17-15-20)22-8-7-13-25(19-22)32-28(36)30-23-9-3-1-4-10-23/h7-8,13-17,19,23-24,26H,1-6,9-12,18H2,(H,34,35)(H2,30,32,36)(H2,31,33,37)/t26-/m1/s1. The quantitative estimate of drug-likeness (QED) is 0.328. The maximum Gasteiger partial charge on any atom is 0.326 e. The minimum atomic E-state index is -1.06. The van der Waals surface area contributed by atoms with E-state index in [0.717, 1.165) is 68.1 Å². The normalized spacial score (nSPS) is 17.4. The van der Waals surface area contributed by atoms with Gasteiger partial charge >= 0.3 is 18.0 Å².